The number of rotatable bonds is 5. The van der Waals surface area contributed by atoms with Gasteiger partial charge in [-0.25, -0.2) is 18.4 Å². The summed E-state index contributed by atoms with van der Waals surface area (Å²) in [6, 6.07) is 17.1. The number of anilines is 2. The summed E-state index contributed by atoms with van der Waals surface area (Å²) >= 11 is 7.86. The first kappa shape index (κ1) is 20.4. The molecule has 158 valence electrons. The van der Waals surface area contributed by atoms with E-state index in [0.717, 1.165) is 33.5 Å². The number of hydrogen-bond donors (Lipinski definition) is 1. The summed E-state index contributed by atoms with van der Waals surface area (Å²) in [6.45, 7) is 1.06. The number of thiophene rings is 1. The fourth-order valence-electron chi connectivity index (χ4n) is 3.68. The summed E-state index contributed by atoms with van der Waals surface area (Å²) in [4.78, 5) is 10.8. The first-order chi connectivity index (χ1) is 15.0. The van der Waals surface area contributed by atoms with Crippen molar-refractivity contribution in [2.45, 2.75) is 17.7 Å². The molecule has 0 amide bonds. The Kier molecular flexibility index (Phi) is 5.39. The summed E-state index contributed by atoms with van der Waals surface area (Å²) in [6.07, 6.45) is 3.25. The van der Waals surface area contributed by atoms with Crippen molar-refractivity contribution in [2.75, 3.05) is 18.4 Å². The molecule has 3 heterocycles. The maximum Gasteiger partial charge on any atom is 0.244 e. The number of fused-ring (bicyclic) bond motifs is 1. The number of hydrogen-bond acceptors (Lipinski definition) is 6. The Morgan fingerprint density at radius 1 is 1.00 bits per heavy atom. The van der Waals surface area contributed by atoms with Gasteiger partial charge in [-0.2, -0.15) is 4.31 Å². The van der Waals surface area contributed by atoms with Crippen molar-refractivity contribution in [3.8, 4) is 10.4 Å². The minimum Gasteiger partial charge on any atom is -0.340 e. The number of benzene rings is 2. The summed E-state index contributed by atoms with van der Waals surface area (Å²) in [5.74, 6) is 0.621. The molecule has 0 radical (unpaired) electrons. The Morgan fingerprint density at radius 3 is 2.55 bits per heavy atom. The van der Waals surface area contributed by atoms with Crippen LogP contribution < -0.4 is 5.32 Å². The molecule has 2 aromatic carbocycles. The Morgan fingerprint density at radius 2 is 1.77 bits per heavy atom. The highest BCUT2D eigenvalue weighted by atomic mass is 35.5. The van der Waals surface area contributed by atoms with Gasteiger partial charge in [-0.15, -0.1) is 11.3 Å². The van der Waals surface area contributed by atoms with Gasteiger partial charge in [0.05, 0.1) is 10.4 Å². The maximum atomic E-state index is 13.0. The molecule has 0 unspecified atom stereocenters. The number of nitrogens with zero attached hydrogens (tertiary/aromatic N) is 3. The zero-order valence-electron chi connectivity index (χ0n) is 16.5. The summed E-state index contributed by atoms with van der Waals surface area (Å²) < 4.78 is 27.5. The van der Waals surface area contributed by atoms with Gasteiger partial charge < -0.3 is 5.32 Å². The quantitative estimate of drug-likeness (QED) is 0.414. The van der Waals surface area contributed by atoms with E-state index in [9.17, 15) is 8.42 Å². The lowest BCUT2D eigenvalue weighted by Gasteiger charge is -2.17. The fourth-order valence-corrected chi connectivity index (χ4v) is 6.70. The molecule has 1 fully saturated rings. The lowest BCUT2D eigenvalue weighted by atomic mass is 10.2. The predicted octanol–water partition coefficient (Wildman–Crippen LogP) is 5.54. The molecule has 9 heteroatoms. The van der Waals surface area contributed by atoms with Crippen LogP contribution in [0.5, 0.6) is 0 Å². The molecule has 0 atom stereocenters. The fraction of sp³-hybridized carbons (Fsp3) is 0.182. The van der Waals surface area contributed by atoms with Gasteiger partial charge in [-0.05, 0) is 42.7 Å². The van der Waals surface area contributed by atoms with Crippen LogP contribution in [0.4, 0.5) is 11.5 Å². The van der Waals surface area contributed by atoms with E-state index in [1.54, 1.807) is 29.5 Å². The molecule has 0 spiro atoms. The lowest BCUT2D eigenvalue weighted by Crippen LogP contribution is -2.28. The molecule has 2 aromatic heterocycles. The smallest absolute Gasteiger partial charge is 0.244 e. The Labute approximate surface area is 189 Å². The molecule has 1 saturated heterocycles. The van der Waals surface area contributed by atoms with Gasteiger partial charge in [0, 0.05) is 23.7 Å². The standard InChI is InChI=1S/C22H19ClN4O2S2/c23-18-9-8-16(12-20(18)31(28,29)27-10-4-5-11-27)26-21-17-13-19(15-6-2-1-3-7-15)30-22(17)25-14-24-21/h1-3,6-9,12-14H,4-5,10-11H2,(H,24,25,26). The summed E-state index contributed by atoms with van der Waals surface area (Å²) in [5, 5.41) is 4.35. The minimum atomic E-state index is -3.63. The number of halogens is 1. The third-order valence-electron chi connectivity index (χ3n) is 5.26. The van der Waals surface area contributed by atoms with Crippen LogP contribution in [0.15, 0.2) is 65.8 Å². The summed E-state index contributed by atoms with van der Waals surface area (Å²) in [7, 11) is -3.63. The summed E-state index contributed by atoms with van der Waals surface area (Å²) in [5.41, 5.74) is 1.72. The Hall–Kier alpha value is -2.52. The van der Waals surface area contributed by atoms with E-state index in [1.165, 1.54) is 10.6 Å². The average Bonchev–Trinajstić information content (AvgIpc) is 3.47. The van der Waals surface area contributed by atoms with E-state index >= 15 is 0 Å². The second kappa shape index (κ2) is 8.20. The predicted molar refractivity (Wildman–Crippen MR) is 126 cm³/mol. The van der Waals surface area contributed by atoms with Crippen molar-refractivity contribution in [3.05, 3.63) is 65.9 Å². The molecule has 1 N–H and O–H groups in total. The minimum absolute atomic E-state index is 0.113. The second-order valence-electron chi connectivity index (χ2n) is 7.30. The van der Waals surface area contributed by atoms with Crippen molar-refractivity contribution < 1.29 is 8.42 Å². The number of sulfonamides is 1. The van der Waals surface area contributed by atoms with E-state index in [4.69, 9.17) is 11.6 Å². The molecule has 0 bridgehead atoms. The first-order valence-corrected chi connectivity index (χ1v) is 12.5. The van der Waals surface area contributed by atoms with Crippen molar-refractivity contribution in [1.29, 1.82) is 0 Å². The van der Waals surface area contributed by atoms with Crippen LogP contribution in [-0.2, 0) is 10.0 Å². The van der Waals surface area contributed by atoms with Crippen molar-refractivity contribution in [2.24, 2.45) is 0 Å². The lowest BCUT2D eigenvalue weighted by molar-refractivity contribution is 0.477. The van der Waals surface area contributed by atoms with Gasteiger partial charge in [0.25, 0.3) is 0 Å². The van der Waals surface area contributed by atoms with Gasteiger partial charge in [0.2, 0.25) is 10.0 Å². The van der Waals surface area contributed by atoms with Gasteiger partial charge in [-0.1, -0.05) is 41.9 Å². The monoisotopic (exact) mass is 470 g/mol. The molecular weight excluding hydrogens is 452 g/mol. The van der Waals surface area contributed by atoms with Crippen LogP contribution in [0.3, 0.4) is 0 Å². The van der Waals surface area contributed by atoms with Gasteiger partial charge >= 0.3 is 0 Å². The average molecular weight is 471 g/mol. The normalized spacial score (nSPS) is 14.9. The van der Waals surface area contributed by atoms with E-state index in [2.05, 4.69) is 33.5 Å². The third-order valence-corrected chi connectivity index (χ3v) is 8.74. The second-order valence-corrected chi connectivity index (χ2v) is 10.6. The van der Waals surface area contributed by atoms with Crippen LogP contribution in [0.25, 0.3) is 20.7 Å². The maximum absolute atomic E-state index is 13.0. The van der Waals surface area contributed by atoms with Crippen molar-refractivity contribution >= 4 is 54.7 Å². The van der Waals surface area contributed by atoms with Crippen molar-refractivity contribution in [1.82, 2.24) is 14.3 Å². The van der Waals surface area contributed by atoms with Crippen LogP contribution in [0.2, 0.25) is 5.02 Å². The highest BCUT2D eigenvalue weighted by Gasteiger charge is 2.29. The zero-order valence-corrected chi connectivity index (χ0v) is 18.8. The SMILES string of the molecule is O=S(=O)(c1cc(Nc2ncnc3sc(-c4ccccc4)cc23)ccc1Cl)N1CCCC1. The van der Waals surface area contributed by atoms with E-state index < -0.39 is 10.0 Å². The van der Waals surface area contributed by atoms with Gasteiger partial charge in [0.1, 0.15) is 21.9 Å². The Balaban J connectivity index is 1.51. The van der Waals surface area contributed by atoms with Gasteiger partial charge in [-0.3, -0.25) is 0 Å². The van der Waals surface area contributed by atoms with Crippen LogP contribution >= 0.6 is 22.9 Å². The molecule has 0 saturated carbocycles. The number of nitrogens with one attached hydrogen (secondary N) is 1. The van der Waals surface area contributed by atoms with Crippen LogP contribution in [0.1, 0.15) is 12.8 Å². The molecule has 4 aromatic rings. The molecule has 1 aliphatic heterocycles. The topological polar surface area (TPSA) is 75.2 Å². The van der Waals surface area contributed by atoms with E-state index in [0.29, 0.717) is 24.6 Å². The molecule has 6 nitrogen and oxygen atoms in total. The first-order valence-electron chi connectivity index (χ1n) is 9.89. The van der Waals surface area contributed by atoms with Gasteiger partial charge in [0.15, 0.2) is 0 Å². The molecule has 1 aliphatic rings. The number of aromatic nitrogens is 2. The third kappa shape index (κ3) is 3.92. The molecule has 31 heavy (non-hydrogen) atoms. The zero-order chi connectivity index (χ0) is 21.4. The molecular formula is C22H19ClN4O2S2. The molecule has 0 aliphatic carbocycles. The van der Waals surface area contributed by atoms with E-state index in [-0.39, 0.29) is 9.92 Å². The Bertz CT molecular complexity index is 1350. The highest BCUT2D eigenvalue weighted by Crippen LogP contribution is 2.36. The van der Waals surface area contributed by atoms with Crippen LogP contribution in [-0.4, -0.2) is 35.8 Å². The van der Waals surface area contributed by atoms with Crippen LogP contribution in [0, 0.1) is 0 Å². The van der Waals surface area contributed by atoms with E-state index in [1.807, 2.05) is 18.2 Å². The largest absolute Gasteiger partial charge is 0.340 e. The highest BCUT2D eigenvalue weighted by molar-refractivity contribution is 7.89. The molecule has 5 rings (SSSR count). The van der Waals surface area contributed by atoms with Crippen molar-refractivity contribution in [3.63, 3.8) is 0 Å².